The van der Waals surface area contributed by atoms with Crippen molar-refractivity contribution in [1.29, 1.82) is 0 Å². The van der Waals surface area contributed by atoms with E-state index < -0.39 is 5.97 Å². The molecule has 1 aromatic heterocycles. The zero-order valence-electron chi connectivity index (χ0n) is 19.1. The third-order valence-corrected chi connectivity index (χ3v) is 5.39. The Morgan fingerprint density at radius 2 is 1.75 bits per heavy atom. The van der Waals surface area contributed by atoms with Gasteiger partial charge in [-0.25, -0.2) is 4.79 Å². The number of nitrogens with zero attached hydrogens (tertiary/aromatic N) is 2. The lowest BCUT2D eigenvalue weighted by molar-refractivity contribution is 0.0698. The molecule has 0 aliphatic heterocycles. The highest BCUT2D eigenvalue weighted by molar-refractivity contribution is 5.93. The summed E-state index contributed by atoms with van der Waals surface area (Å²) in [6.07, 6.45) is 6.89. The number of carboxylic acid groups (broad SMARTS) is 1. The van der Waals surface area contributed by atoms with Gasteiger partial charge in [-0.1, -0.05) is 6.07 Å². The zero-order valence-corrected chi connectivity index (χ0v) is 19.1. The first kappa shape index (κ1) is 23.1. The van der Waals surface area contributed by atoms with Gasteiger partial charge >= 0.3 is 5.97 Å². The summed E-state index contributed by atoms with van der Waals surface area (Å²) in [7, 11) is 3.78. The quantitative estimate of drug-likeness (QED) is 0.531. The second-order valence-corrected chi connectivity index (χ2v) is 8.00. The lowest BCUT2D eigenvalue weighted by Gasteiger charge is -2.21. The van der Waals surface area contributed by atoms with Crippen LogP contribution in [-0.4, -0.2) is 36.3 Å². The van der Waals surface area contributed by atoms with E-state index in [9.17, 15) is 4.79 Å². The number of carbonyl (C=O) groups is 1. The molecule has 0 amide bonds. The fourth-order valence-electron chi connectivity index (χ4n) is 3.72. The van der Waals surface area contributed by atoms with Crippen molar-refractivity contribution in [3.8, 4) is 5.75 Å². The summed E-state index contributed by atoms with van der Waals surface area (Å²) in [5.74, 6) is -0.0205. The Balaban J connectivity index is 0.000000222. The van der Waals surface area contributed by atoms with Crippen molar-refractivity contribution in [2.75, 3.05) is 24.3 Å². The molecule has 32 heavy (non-hydrogen) atoms. The minimum atomic E-state index is -0.947. The molecule has 0 unspecified atom stereocenters. The molecule has 0 radical (unpaired) electrons. The lowest BCUT2D eigenvalue weighted by Crippen LogP contribution is -2.10. The molecule has 6 nitrogen and oxygen atoms in total. The first-order valence-corrected chi connectivity index (χ1v) is 10.9. The molecule has 0 saturated heterocycles. The molecule has 0 fully saturated rings. The van der Waals surface area contributed by atoms with E-state index in [1.807, 2.05) is 26.0 Å². The number of ether oxygens (including phenoxy) is 1. The first-order valence-electron chi connectivity index (χ1n) is 10.9. The van der Waals surface area contributed by atoms with E-state index in [1.54, 1.807) is 7.05 Å². The highest BCUT2D eigenvalue weighted by Crippen LogP contribution is 2.30. The molecule has 4 rings (SSSR count). The molecule has 0 saturated carbocycles. The van der Waals surface area contributed by atoms with Gasteiger partial charge in [-0.05, 0) is 86.7 Å². The molecule has 168 valence electrons. The standard InChI is InChI=1S/C19H23NO.C7H8N2O2/c1-14(2)21-19-11-9-17(10-12-19)20(3)18-8-7-15-5-4-6-16(15)13-18;1-8-6-4-9-3-2-5(6)7(10)11/h7-14H,4-6H2,1-3H3;2-4,8H,1H3,(H,10,11). The van der Waals surface area contributed by atoms with Crippen LogP contribution in [0.4, 0.5) is 17.1 Å². The van der Waals surface area contributed by atoms with Crippen molar-refractivity contribution in [2.45, 2.75) is 39.2 Å². The van der Waals surface area contributed by atoms with Gasteiger partial charge in [0, 0.05) is 31.7 Å². The number of nitrogens with one attached hydrogen (secondary N) is 1. The topological polar surface area (TPSA) is 74.7 Å². The molecule has 0 spiro atoms. The van der Waals surface area contributed by atoms with E-state index >= 15 is 0 Å². The Morgan fingerprint density at radius 1 is 1.06 bits per heavy atom. The molecule has 3 aromatic rings. The van der Waals surface area contributed by atoms with E-state index in [-0.39, 0.29) is 11.7 Å². The first-order chi connectivity index (χ1) is 15.4. The van der Waals surface area contributed by atoms with E-state index in [1.165, 1.54) is 60.2 Å². The van der Waals surface area contributed by atoms with Gasteiger partial charge in [-0.15, -0.1) is 0 Å². The predicted molar refractivity (Wildman–Crippen MR) is 129 cm³/mol. The second-order valence-electron chi connectivity index (χ2n) is 8.00. The van der Waals surface area contributed by atoms with Crippen LogP contribution >= 0.6 is 0 Å². The van der Waals surface area contributed by atoms with E-state index in [2.05, 4.69) is 52.6 Å². The number of anilines is 3. The van der Waals surface area contributed by atoms with Crippen molar-refractivity contribution in [2.24, 2.45) is 0 Å². The third kappa shape index (κ3) is 5.78. The molecule has 1 aliphatic rings. The summed E-state index contributed by atoms with van der Waals surface area (Å²) in [6, 6.07) is 16.6. The smallest absolute Gasteiger partial charge is 0.337 e. The average Bonchev–Trinajstić information content (AvgIpc) is 3.27. The zero-order chi connectivity index (χ0) is 23.1. The number of aromatic nitrogens is 1. The molecule has 0 bridgehead atoms. The van der Waals surface area contributed by atoms with Crippen molar-refractivity contribution < 1.29 is 14.6 Å². The Morgan fingerprint density at radius 3 is 2.38 bits per heavy atom. The number of aryl methyl sites for hydroxylation is 2. The fourth-order valence-corrected chi connectivity index (χ4v) is 3.72. The van der Waals surface area contributed by atoms with Gasteiger partial charge in [-0.2, -0.15) is 0 Å². The van der Waals surface area contributed by atoms with Crippen LogP contribution in [0.15, 0.2) is 60.9 Å². The summed E-state index contributed by atoms with van der Waals surface area (Å²) in [6.45, 7) is 4.09. The largest absolute Gasteiger partial charge is 0.491 e. The van der Waals surface area contributed by atoms with Crippen LogP contribution < -0.4 is 15.0 Å². The molecule has 0 atom stereocenters. The van der Waals surface area contributed by atoms with Crippen LogP contribution in [0.25, 0.3) is 0 Å². The summed E-state index contributed by atoms with van der Waals surface area (Å²) in [5.41, 5.74) is 6.24. The normalized spacial score (nSPS) is 11.9. The number of fused-ring (bicyclic) bond motifs is 1. The lowest BCUT2D eigenvalue weighted by atomic mass is 10.1. The maximum Gasteiger partial charge on any atom is 0.337 e. The van der Waals surface area contributed by atoms with Crippen LogP contribution in [0.3, 0.4) is 0 Å². The minimum absolute atomic E-state index is 0.213. The summed E-state index contributed by atoms with van der Waals surface area (Å²) < 4.78 is 5.70. The van der Waals surface area contributed by atoms with Crippen molar-refractivity contribution in [3.63, 3.8) is 0 Å². The van der Waals surface area contributed by atoms with Crippen LogP contribution in [0.2, 0.25) is 0 Å². The number of carboxylic acids is 1. The summed E-state index contributed by atoms with van der Waals surface area (Å²) in [5, 5.41) is 11.4. The Bertz CT molecular complexity index is 1050. The van der Waals surface area contributed by atoms with E-state index in [0.29, 0.717) is 5.69 Å². The summed E-state index contributed by atoms with van der Waals surface area (Å²) >= 11 is 0. The molecule has 2 aromatic carbocycles. The number of hydrogen-bond donors (Lipinski definition) is 2. The highest BCUT2D eigenvalue weighted by Gasteiger charge is 2.13. The molecular weight excluding hydrogens is 402 g/mol. The van der Waals surface area contributed by atoms with E-state index in [0.717, 1.165) is 5.75 Å². The predicted octanol–water partition coefficient (Wildman–Crippen LogP) is 5.55. The SMILES string of the molecule is CC(C)Oc1ccc(N(C)c2ccc3c(c2)CCC3)cc1.CNc1cnccc1C(=O)O. The second kappa shape index (κ2) is 10.7. The highest BCUT2D eigenvalue weighted by atomic mass is 16.5. The molecular formula is C26H31N3O3. The number of hydrogen-bond acceptors (Lipinski definition) is 5. The molecule has 1 aliphatic carbocycles. The number of benzene rings is 2. The van der Waals surface area contributed by atoms with Gasteiger partial charge in [0.1, 0.15) is 5.75 Å². The Hall–Kier alpha value is -3.54. The van der Waals surface area contributed by atoms with E-state index in [4.69, 9.17) is 9.84 Å². The van der Waals surface area contributed by atoms with Crippen molar-refractivity contribution in [1.82, 2.24) is 4.98 Å². The summed E-state index contributed by atoms with van der Waals surface area (Å²) in [4.78, 5) is 16.5. The van der Waals surface area contributed by atoms with Gasteiger partial charge in [0.2, 0.25) is 0 Å². The molecule has 6 heteroatoms. The van der Waals surface area contributed by atoms with Crippen LogP contribution in [0.1, 0.15) is 41.8 Å². The number of rotatable bonds is 6. The van der Waals surface area contributed by atoms with Gasteiger partial charge in [0.25, 0.3) is 0 Å². The monoisotopic (exact) mass is 433 g/mol. The van der Waals surface area contributed by atoms with Crippen LogP contribution in [0.5, 0.6) is 5.75 Å². The third-order valence-electron chi connectivity index (χ3n) is 5.39. The number of aromatic carboxylic acids is 1. The Kier molecular flexibility index (Phi) is 7.71. The van der Waals surface area contributed by atoms with Gasteiger partial charge in [0.15, 0.2) is 0 Å². The van der Waals surface area contributed by atoms with Crippen molar-refractivity contribution >= 4 is 23.0 Å². The Labute approximate surface area is 189 Å². The molecule has 1 heterocycles. The average molecular weight is 434 g/mol. The van der Waals surface area contributed by atoms with Gasteiger partial charge < -0.3 is 20.1 Å². The van der Waals surface area contributed by atoms with Gasteiger partial charge in [0.05, 0.1) is 23.6 Å². The van der Waals surface area contributed by atoms with Crippen molar-refractivity contribution in [3.05, 3.63) is 77.6 Å². The maximum absolute atomic E-state index is 10.5. The molecule has 2 N–H and O–H groups in total. The minimum Gasteiger partial charge on any atom is -0.491 e. The van der Waals surface area contributed by atoms with Crippen LogP contribution in [0, 0.1) is 0 Å². The van der Waals surface area contributed by atoms with Gasteiger partial charge in [-0.3, -0.25) is 4.98 Å². The maximum atomic E-state index is 10.5. The number of pyridine rings is 1. The fraction of sp³-hybridized carbons (Fsp3) is 0.308. The van der Waals surface area contributed by atoms with Crippen LogP contribution in [-0.2, 0) is 12.8 Å².